The summed E-state index contributed by atoms with van der Waals surface area (Å²) in [5.41, 5.74) is -2.22. The molecule has 0 bridgehead atoms. The molecule has 0 radical (unpaired) electrons. The molecule has 0 fully saturated rings. The molecule has 0 spiro atoms. The Balaban J connectivity index is 2.66. The number of nitrogens with zero attached hydrogens (tertiary/aromatic N) is 3. The van der Waals surface area contributed by atoms with Gasteiger partial charge in [0, 0.05) is 0 Å². The summed E-state index contributed by atoms with van der Waals surface area (Å²) in [4.78, 5) is 2.96. The molecular weight excluding hydrogens is 425 g/mol. The molecule has 6 nitrogen and oxygen atoms in total. The Kier molecular flexibility index (Phi) is 4.64. The van der Waals surface area contributed by atoms with Crippen molar-refractivity contribution in [1.29, 1.82) is 0 Å². The van der Waals surface area contributed by atoms with Crippen molar-refractivity contribution >= 4 is 39.0 Å². The molecule has 0 unspecified atom stereocenters. The van der Waals surface area contributed by atoms with Crippen molar-refractivity contribution in [3.63, 3.8) is 0 Å². The molecule has 1 aromatic heterocycles. The predicted molar refractivity (Wildman–Crippen MR) is 74.0 cm³/mol. The molecule has 0 aliphatic rings. The van der Waals surface area contributed by atoms with Crippen LogP contribution in [0, 0.1) is 0 Å². The van der Waals surface area contributed by atoms with Crippen molar-refractivity contribution < 1.29 is 34.8 Å². The monoisotopic (exact) mass is 428 g/mol. The molecule has 0 amide bonds. The summed E-state index contributed by atoms with van der Waals surface area (Å²) < 4.78 is 98.4. The number of nitrogen functional groups attached to an aromatic ring is 1. The second kappa shape index (κ2) is 5.92. The second-order valence-electron chi connectivity index (χ2n) is 4.40. The van der Waals surface area contributed by atoms with E-state index in [0.29, 0.717) is 16.8 Å². The fourth-order valence-electron chi connectivity index (χ4n) is 1.62. The van der Waals surface area contributed by atoms with Crippen LogP contribution in [0.3, 0.4) is 0 Å². The van der Waals surface area contributed by atoms with Crippen molar-refractivity contribution in [2.75, 3.05) is 5.73 Å². The van der Waals surface area contributed by atoms with Gasteiger partial charge in [0.2, 0.25) is 5.95 Å². The van der Waals surface area contributed by atoms with E-state index in [1.54, 1.807) is 0 Å². The lowest BCUT2D eigenvalue weighted by molar-refractivity contribution is -0.137. The van der Waals surface area contributed by atoms with Crippen molar-refractivity contribution in [2.45, 2.75) is 16.8 Å². The average Bonchev–Trinajstić information content (AvgIpc) is 2.78. The maximum atomic E-state index is 12.7. The smallest absolute Gasteiger partial charge is 0.368 e. The van der Waals surface area contributed by atoms with Crippen molar-refractivity contribution in [3.05, 3.63) is 27.7 Å². The van der Waals surface area contributed by atoms with Crippen molar-refractivity contribution in [1.82, 2.24) is 14.8 Å². The van der Waals surface area contributed by atoms with Gasteiger partial charge in [0.25, 0.3) is 5.16 Å². The van der Waals surface area contributed by atoms with E-state index < -0.39 is 53.9 Å². The van der Waals surface area contributed by atoms with E-state index >= 15 is 0 Å². The standard InChI is InChI=1S/C10H4Cl2F6N4O2S/c11-4-1-3(9(13,14)15)2-5(12)6(4)22-7(19)20-8(21-22)25(23,24)10(16,17)18/h1-2H,(H2,19,20,21). The van der Waals surface area contributed by atoms with Gasteiger partial charge in [-0.15, -0.1) is 5.10 Å². The highest BCUT2D eigenvalue weighted by Gasteiger charge is 2.50. The van der Waals surface area contributed by atoms with Crippen molar-refractivity contribution in [2.24, 2.45) is 0 Å². The number of sulfone groups is 1. The van der Waals surface area contributed by atoms with E-state index in [0.717, 1.165) is 0 Å². The Morgan fingerprint density at radius 3 is 1.92 bits per heavy atom. The number of alkyl halides is 6. The number of aromatic nitrogens is 3. The Morgan fingerprint density at radius 2 is 1.52 bits per heavy atom. The van der Waals surface area contributed by atoms with Crippen LogP contribution in [0.25, 0.3) is 5.69 Å². The molecule has 0 atom stereocenters. The Bertz CT molecular complexity index is 915. The van der Waals surface area contributed by atoms with Gasteiger partial charge in [0.1, 0.15) is 5.69 Å². The summed E-state index contributed by atoms with van der Waals surface area (Å²) in [6, 6.07) is 0.837. The first kappa shape index (κ1) is 19.6. The van der Waals surface area contributed by atoms with Gasteiger partial charge in [-0.1, -0.05) is 23.2 Å². The normalized spacial score (nSPS) is 13.3. The molecule has 2 rings (SSSR count). The minimum Gasteiger partial charge on any atom is -0.368 e. The Labute approximate surface area is 145 Å². The summed E-state index contributed by atoms with van der Waals surface area (Å²) in [5, 5.41) is -0.0252. The van der Waals surface area contributed by atoms with Crippen LogP contribution in [0.1, 0.15) is 5.56 Å². The van der Waals surface area contributed by atoms with E-state index in [-0.39, 0.29) is 0 Å². The van der Waals surface area contributed by atoms with Gasteiger partial charge in [0.15, 0.2) is 0 Å². The van der Waals surface area contributed by atoms with Crippen LogP contribution in [0.2, 0.25) is 10.0 Å². The average molecular weight is 429 g/mol. The van der Waals surface area contributed by atoms with Crippen molar-refractivity contribution in [3.8, 4) is 5.69 Å². The predicted octanol–water partition coefficient (Wildman–Crippen LogP) is 3.47. The van der Waals surface area contributed by atoms with Crippen LogP contribution in [0.15, 0.2) is 17.3 Å². The molecule has 25 heavy (non-hydrogen) atoms. The summed E-state index contributed by atoms with van der Waals surface area (Å²) in [6.45, 7) is 0. The maximum Gasteiger partial charge on any atom is 0.505 e. The molecule has 15 heteroatoms. The first-order valence-electron chi connectivity index (χ1n) is 5.76. The summed E-state index contributed by atoms with van der Waals surface area (Å²) in [7, 11) is -5.93. The number of halogens is 8. The molecule has 1 heterocycles. The molecule has 0 saturated carbocycles. The number of hydrogen-bond donors (Lipinski definition) is 1. The zero-order valence-electron chi connectivity index (χ0n) is 11.3. The molecule has 138 valence electrons. The van der Waals surface area contributed by atoms with Crippen LogP contribution in [0.4, 0.5) is 32.3 Å². The third kappa shape index (κ3) is 3.48. The molecule has 1 aromatic carbocycles. The lowest BCUT2D eigenvalue weighted by atomic mass is 10.2. The minimum atomic E-state index is -5.93. The molecule has 2 aromatic rings. The van der Waals surface area contributed by atoms with Gasteiger partial charge in [-0.05, 0) is 12.1 Å². The number of benzene rings is 1. The highest BCUT2D eigenvalue weighted by molar-refractivity contribution is 7.92. The second-order valence-corrected chi connectivity index (χ2v) is 7.05. The van der Waals surface area contributed by atoms with E-state index in [2.05, 4.69) is 10.1 Å². The zero-order valence-corrected chi connectivity index (χ0v) is 13.7. The highest BCUT2D eigenvalue weighted by atomic mass is 35.5. The number of hydrogen-bond acceptors (Lipinski definition) is 5. The summed E-state index contributed by atoms with van der Waals surface area (Å²) in [6.07, 6.45) is -4.80. The lowest BCUT2D eigenvalue weighted by Gasteiger charge is -2.12. The first-order valence-corrected chi connectivity index (χ1v) is 8.00. The molecule has 0 saturated heterocycles. The van der Waals surface area contributed by atoms with E-state index in [1.807, 2.05) is 0 Å². The number of nitrogens with two attached hydrogens (primary N) is 1. The van der Waals surface area contributed by atoms with Crippen LogP contribution < -0.4 is 5.73 Å². The molecular formula is C10H4Cl2F6N4O2S. The number of rotatable bonds is 2. The topological polar surface area (TPSA) is 90.9 Å². The number of anilines is 1. The van der Waals surface area contributed by atoms with Crippen LogP contribution in [-0.2, 0) is 16.0 Å². The van der Waals surface area contributed by atoms with Crippen LogP contribution in [0.5, 0.6) is 0 Å². The summed E-state index contributed by atoms with van der Waals surface area (Å²) in [5.74, 6) is -0.883. The SMILES string of the molecule is Nc1nc(S(=O)(=O)C(F)(F)F)nn1-c1c(Cl)cc(C(F)(F)F)cc1Cl. The molecule has 0 aliphatic carbocycles. The van der Waals surface area contributed by atoms with Gasteiger partial charge >= 0.3 is 21.5 Å². The van der Waals surface area contributed by atoms with Gasteiger partial charge in [-0.25, -0.2) is 8.42 Å². The third-order valence-corrected chi connectivity index (χ3v) is 4.55. The fraction of sp³-hybridized carbons (Fsp3) is 0.200. The Hall–Kier alpha value is -1.73. The third-order valence-electron chi connectivity index (χ3n) is 2.71. The fourth-order valence-corrected chi connectivity index (χ4v) is 2.87. The lowest BCUT2D eigenvalue weighted by Crippen LogP contribution is -2.24. The quantitative estimate of drug-likeness (QED) is 0.739. The minimum absolute atomic E-state index is 0.295. The van der Waals surface area contributed by atoms with E-state index in [9.17, 15) is 34.8 Å². The van der Waals surface area contributed by atoms with Gasteiger partial charge in [0.05, 0.1) is 15.6 Å². The van der Waals surface area contributed by atoms with Gasteiger partial charge in [-0.2, -0.15) is 36.0 Å². The largest absolute Gasteiger partial charge is 0.505 e. The van der Waals surface area contributed by atoms with Crippen LogP contribution in [-0.4, -0.2) is 28.7 Å². The van der Waals surface area contributed by atoms with E-state index in [1.165, 1.54) is 0 Å². The molecule has 0 aliphatic heterocycles. The summed E-state index contributed by atoms with van der Waals surface area (Å²) >= 11 is 11.3. The maximum absolute atomic E-state index is 12.7. The highest BCUT2D eigenvalue weighted by Crippen LogP contribution is 2.38. The molecule has 2 N–H and O–H groups in total. The first-order chi connectivity index (χ1) is 11.2. The Morgan fingerprint density at radius 1 is 1.04 bits per heavy atom. The van der Waals surface area contributed by atoms with Crippen LogP contribution >= 0.6 is 23.2 Å². The van der Waals surface area contributed by atoms with Gasteiger partial charge < -0.3 is 5.73 Å². The van der Waals surface area contributed by atoms with E-state index in [4.69, 9.17) is 28.9 Å². The zero-order chi connectivity index (χ0) is 19.4. The van der Waals surface area contributed by atoms with Gasteiger partial charge in [-0.3, -0.25) is 0 Å².